The highest BCUT2D eigenvalue weighted by atomic mass is 32.2. The van der Waals surface area contributed by atoms with Crippen LogP contribution >= 0.6 is 11.8 Å². The van der Waals surface area contributed by atoms with Crippen molar-refractivity contribution in [3.63, 3.8) is 0 Å². The van der Waals surface area contributed by atoms with E-state index >= 15 is 0 Å². The van der Waals surface area contributed by atoms with E-state index in [4.69, 9.17) is 0 Å². The van der Waals surface area contributed by atoms with Crippen LogP contribution in [0, 0.1) is 10.1 Å². The van der Waals surface area contributed by atoms with Crippen LogP contribution in [0.1, 0.15) is 56.6 Å². The molecule has 0 atom stereocenters. The first-order chi connectivity index (χ1) is 12.7. The molecule has 0 saturated heterocycles. The molecule has 4 heteroatoms. The number of rotatable bonds is 11. The van der Waals surface area contributed by atoms with Crippen LogP contribution in [0.4, 0.5) is 0 Å². The summed E-state index contributed by atoms with van der Waals surface area (Å²) in [6.45, 7) is 2.22. The molecule has 2 aromatic rings. The first-order valence-corrected chi connectivity index (χ1v) is 10.3. The monoisotopic (exact) mass is 369 g/mol. The molecule has 0 fully saturated rings. The molecule has 0 bridgehead atoms. The number of hydrogen-bond donors (Lipinski definition) is 0. The van der Waals surface area contributed by atoms with Crippen molar-refractivity contribution in [2.45, 2.75) is 45.4 Å². The number of hydrogen-bond acceptors (Lipinski definition) is 3. The van der Waals surface area contributed by atoms with E-state index in [1.165, 1.54) is 32.1 Å². The maximum absolute atomic E-state index is 11.9. The predicted molar refractivity (Wildman–Crippen MR) is 113 cm³/mol. The molecule has 2 aromatic carbocycles. The van der Waals surface area contributed by atoms with E-state index in [2.05, 4.69) is 6.92 Å². The van der Waals surface area contributed by atoms with E-state index in [0.717, 1.165) is 22.6 Å². The Bertz CT molecular complexity index is 699. The van der Waals surface area contributed by atoms with Gasteiger partial charge in [-0.1, -0.05) is 87.6 Å². The molecular formula is C22H27NO2S. The highest BCUT2D eigenvalue weighted by molar-refractivity contribution is 8.08. The minimum Gasteiger partial charge on any atom is -0.258 e. The van der Waals surface area contributed by atoms with Gasteiger partial charge in [0, 0.05) is 0 Å². The normalized spacial score (nSPS) is 11.9. The summed E-state index contributed by atoms with van der Waals surface area (Å²) in [5, 5.41) is 11.9. The van der Waals surface area contributed by atoms with Crippen LogP contribution in [-0.2, 0) is 0 Å². The van der Waals surface area contributed by atoms with E-state index in [1.807, 2.05) is 60.7 Å². The highest BCUT2D eigenvalue weighted by Gasteiger charge is 2.22. The van der Waals surface area contributed by atoms with Crippen molar-refractivity contribution in [2.24, 2.45) is 0 Å². The van der Waals surface area contributed by atoms with E-state index in [0.29, 0.717) is 5.56 Å². The molecule has 0 spiro atoms. The quantitative estimate of drug-likeness (QED) is 0.188. The van der Waals surface area contributed by atoms with Gasteiger partial charge in [0.25, 0.3) is 5.70 Å². The minimum absolute atomic E-state index is 0.202. The second-order valence-electron chi connectivity index (χ2n) is 6.28. The van der Waals surface area contributed by atoms with Crippen LogP contribution in [0.15, 0.2) is 60.7 Å². The topological polar surface area (TPSA) is 43.1 Å². The fourth-order valence-electron chi connectivity index (χ4n) is 2.85. The summed E-state index contributed by atoms with van der Waals surface area (Å²) in [5.41, 5.74) is 1.78. The molecule has 0 radical (unpaired) electrons. The first-order valence-electron chi connectivity index (χ1n) is 9.36. The smallest absolute Gasteiger partial charge is 0.258 e. The Morgan fingerprint density at radius 2 is 1.38 bits per heavy atom. The van der Waals surface area contributed by atoms with Crippen LogP contribution < -0.4 is 0 Å². The summed E-state index contributed by atoms with van der Waals surface area (Å²) in [5.74, 6) is 0.903. The zero-order chi connectivity index (χ0) is 18.6. The van der Waals surface area contributed by atoms with E-state index < -0.39 is 0 Å². The highest BCUT2D eigenvalue weighted by Crippen LogP contribution is 2.36. The van der Waals surface area contributed by atoms with Crippen LogP contribution in [-0.4, -0.2) is 10.7 Å². The van der Waals surface area contributed by atoms with Crippen molar-refractivity contribution >= 4 is 22.4 Å². The third kappa shape index (κ3) is 6.34. The largest absolute Gasteiger partial charge is 0.290 e. The van der Waals surface area contributed by atoms with Gasteiger partial charge in [0.2, 0.25) is 0 Å². The number of nitro groups is 1. The van der Waals surface area contributed by atoms with E-state index in [9.17, 15) is 10.1 Å². The molecule has 0 saturated carbocycles. The molecule has 138 valence electrons. The van der Waals surface area contributed by atoms with E-state index in [1.54, 1.807) is 11.8 Å². The van der Waals surface area contributed by atoms with Gasteiger partial charge in [-0.25, -0.2) is 0 Å². The zero-order valence-corrected chi connectivity index (χ0v) is 16.2. The van der Waals surface area contributed by atoms with Crippen molar-refractivity contribution in [2.75, 3.05) is 5.75 Å². The third-order valence-corrected chi connectivity index (χ3v) is 5.44. The molecule has 0 N–H and O–H groups in total. The lowest BCUT2D eigenvalue weighted by Crippen LogP contribution is -2.01. The van der Waals surface area contributed by atoms with E-state index in [-0.39, 0.29) is 10.6 Å². The molecular weight excluding hydrogens is 342 g/mol. The van der Waals surface area contributed by atoms with Gasteiger partial charge in [0.15, 0.2) is 0 Å². The van der Waals surface area contributed by atoms with Gasteiger partial charge >= 0.3 is 0 Å². The van der Waals surface area contributed by atoms with Crippen molar-refractivity contribution in [1.82, 2.24) is 0 Å². The molecule has 0 unspecified atom stereocenters. The summed E-state index contributed by atoms with van der Waals surface area (Å²) in [4.78, 5) is 12.4. The summed E-state index contributed by atoms with van der Waals surface area (Å²) in [7, 11) is 0. The van der Waals surface area contributed by atoms with Crippen molar-refractivity contribution in [3.05, 3.63) is 81.9 Å². The van der Waals surface area contributed by atoms with Crippen LogP contribution in [0.5, 0.6) is 0 Å². The van der Waals surface area contributed by atoms with Crippen LogP contribution in [0.3, 0.4) is 0 Å². The van der Waals surface area contributed by atoms with Crippen LogP contribution in [0.2, 0.25) is 0 Å². The van der Waals surface area contributed by atoms with Gasteiger partial charge in [-0.2, -0.15) is 0 Å². The Labute approximate surface area is 160 Å². The van der Waals surface area contributed by atoms with Crippen LogP contribution in [0.25, 0.3) is 10.6 Å². The van der Waals surface area contributed by atoms with Crippen molar-refractivity contribution in [1.29, 1.82) is 0 Å². The Hall–Kier alpha value is -2.07. The maximum Gasteiger partial charge on any atom is 0.290 e. The fourth-order valence-corrected chi connectivity index (χ4v) is 4.03. The van der Waals surface area contributed by atoms with Gasteiger partial charge in [0.05, 0.1) is 15.4 Å². The molecule has 0 aliphatic rings. The minimum atomic E-state index is -0.244. The lowest BCUT2D eigenvalue weighted by atomic mass is 10.1. The molecule has 0 aromatic heterocycles. The lowest BCUT2D eigenvalue weighted by molar-refractivity contribution is -0.374. The Kier molecular flexibility index (Phi) is 8.98. The average molecular weight is 370 g/mol. The molecule has 2 rings (SSSR count). The molecule has 0 aliphatic carbocycles. The van der Waals surface area contributed by atoms with Gasteiger partial charge in [-0.15, -0.1) is 11.8 Å². The second-order valence-corrected chi connectivity index (χ2v) is 7.39. The third-order valence-electron chi connectivity index (χ3n) is 4.23. The van der Waals surface area contributed by atoms with Gasteiger partial charge < -0.3 is 0 Å². The Morgan fingerprint density at radius 1 is 0.846 bits per heavy atom. The number of benzene rings is 2. The molecule has 0 amide bonds. The fraction of sp³-hybridized carbons (Fsp3) is 0.364. The molecule has 0 heterocycles. The lowest BCUT2D eigenvalue weighted by Gasteiger charge is -2.10. The van der Waals surface area contributed by atoms with Gasteiger partial charge in [0.1, 0.15) is 0 Å². The standard InChI is InChI=1S/C22H27NO2S/c1-2-3-4-5-6-13-18-26-22(20-16-11-8-12-17-20)21(23(24)25)19-14-9-7-10-15-19/h7-12,14-17H,2-6,13,18H2,1H3/b22-21-. The SMILES string of the molecule is CCCCCCCCS/C(=C(/c1ccccc1)[N+](=O)[O-])c1ccccc1. The van der Waals surface area contributed by atoms with Gasteiger partial charge in [-0.05, 0) is 29.9 Å². The predicted octanol–water partition coefficient (Wildman–Crippen LogP) is 6.88. The maximum atomic E-state index is 11.9. The summed E-state index contributed by atoms with van der Waals surface area (Å²) in [6.07, 6.45) is 7.35. The summed E-state index contributed by atoms with van der Waals surface area (Å²) < 4.78 is 0. The molecule has 26 heavy (non-hydrogen) atoms. The summed E-state index contributed by atoms with van der Waals surface area (Å²) in [6, 6.07) is 18.9. The molecule has 0 aliphatic heterocycles. The Morgan fingerprint density at radius 3 is 1.96 bits per heavy atom. The summed E-state index contributed by atoms with van der Waals surface area (Å²) >= 11 is 1.61. The van der Waals surface area contributed by atoms with Crippen molar-refractivity contribution < 1.29 is 4.92 Å². The average Bonchev–Trinajstić information content (AvgIpc) is 2.67. The number of unbranched alkanes of at least 4 members (excludes halogenated alkanes) is 5. The number of thioether (sulfide) groups is 1. The first kappa shape index (κ1) is 20.2. The zero-order valence-electron chi connectivity index (χ0n) is 15.4. The Balaban J connectivity index is 2.19. The second kappa shape index (κ2) is 11.5. The molecule has 3 nitrogen and oxygen atoms in total. The number of nitrogens with zero attached hydrogens (tertiary/aromatic N) is 1. The van der Waals surface area contributed by atoms with Crippen molar-refractivity contribution in [3.8, 4) is 0 Å². The van der Waals surface area contributed by atoms with Gasteiger partial charge in [-0.3, -0.25) is 10.1 Å².